The third kappa shape index (κ3) is 3.97. The number of amides is 1. The molecule has 0 unspecified atom stereocenters. The first-order valence-corrected chi connectivity index (χ1v) is 7.42. The number of rotatable bonds is 3. The van der Waals surface area contributed by atoms with E-state index >= 15 is 0 Å². The molecule has 1 aliphatic rings. The number of carbonyl (C=O) groups is 1. The molecule has 0 saturated carbocycles. The van der Waals surface area contributed by atoms with Gasteiger partial charge in [-0.1, -0.05) is 12.8 Å². The number of nitrogens with two attached hydrogens (primary N) is 1. The monoisotopic (exact) mass is 275 g/mol. The van der Waals surface area contributed by atoms with E-state index in [4.69, 9.17) is 5.73 Å². The number of anilines is 2. The van der Waals surface area contributed by atoms with Gasteiger partial charge in [0, 0.05) is 24.5 Å². The highest BCUT2D eigenvalue weighted by molar-refractivity contribution is 5.97. The number of nitrogens with zero attached hydrogens (tertiary/aromatic N) is 1. The summed E-state index contributed by atoms with van der Waals surface area (Å²) in [6.45, 7) is 5.66. The minimum absolute atomic E-state index is 0.167. The Morgan fingerprint density at radius 3 is 2.15 bits per heavy atom. The second kappa shape index (κ2) is 6.27. The minimum atomic E-state index is -0.858. The molecule has 0 bridgehead atoms. The predicted octanol–water partition coefficient (Wildman–Crippen LogP) is 2.74. The van der Waals surface area contributed by atoms with Gasteiger partial charge >= 0.3 is 0 Å². The smallest absolute Gasteiger partial charge is 0.243 e. The quantitative estimate of drug-likeness (QED) is 0.891. The van der Waals surface area contributed by atoms with Gasteiger partial charge in [0.1, 0.15) is 0 Å². The van der Waals surface area contributed by atoms with Crippen LogP contribution >= 0.6 is 0 Å². The molecule has 1 saturated heterocycles. The van der Waals surface area contributed by atoms with E-state index in [2.05, 4.69) is 22.3 Å². The van der Waals surface area contributed by atoms with Crippen LogP contribution in [0.4, 0.5) is 11.4 Å². The summed E-state index contributed by atoms with van der Waals surface area (Å²) >= 11 is 0. The van der Waals surface area contributed by atoms with E-state index in [1.54, 1.807) is 13.8 Å². The fourth-order valence-electron chi connectivity index (χ4n) is 2.38. The third-order valence-electron chi connectivity index (χ3n) is 3.68. The van der Waals surface area contributed by atoms with Crippen molar-refractivity contribution >= 4 is 17.3 Å². The highest BCUT2D eigenvalue weighted by Gasteiger charge is 2.21. The highest BCUT2D eigenvalue weighted by Crippen LogP contribution is 2.21. The van der Waals surface area contributed by atoms with E-state index in [1.807, 2.05) is 12.1 Å². The predicted molar refractivity (Wildman–Crippen MR) is 84.0 cm³/mol. The zero-order valence-corrected chi connectivity index (χ0v) is 12.5. The van der Waals surface area contributed by atoms with Gasteiger partial charge in [-0.25, -0.2) is 0 Å². The molecule has 0 aromatic heterocycles. The zero-order chi connectivity index (χ0) is 14.6. The number of hydrogen-bond donors (Lipinski definition) is 2. The van der Waals surface area contributed by atoms with Crippen LogP contribution in [-0.4, -0.2) is 24.5 Å². The van der Waals surface area contributed by atoms with Crippen LogP contribution in [0.5, 0.6) is 0 Å². The molecule has 3 N–H and O–H groups in total. The first kappa shape index (κ1) is 14.9. The molecule has 1 aromatic carbocycles. The highest BCUT2D eigenvalue weighted by atomic mass is 16.2. The number of hydrogen-bond acceptors (Lipinski definition) is 3. The van der Waals surface area contributed by atoms with Crippen LogP contribution in [0.25, 0.3) is 0 Å². The van der Waals surface area contributed by atoms with Crippen LogP contribution in [0.2, 0.25) is 0 Å². The number of nitrogens with one attached hydrogen (secondary N) is 1. The second-order valence-corrected chi connectivity index (χ2v) is 6.12. The van der Waals surface area contributed by atoms with Crippen LogP contribution in [-0.2, 0) is 4.79 Å². The van der Waals surface area contributed by atoms with E-state index in [0.717, 1.165) is 18.8 Å². The Balaban J connectivity index is 2.00. The maximum atomic E-state index is 11.8. The third-order valence-corrected chi connectivity index (χ3v) is 3.68. The Labute approximate surface area is 121 Å². The summed E-state index contributed by atoms with van der Waals surface area (Å²) in [6.07, 6.45) is 5.19. The van der Waals surface area contributed by atoms with Crippen molar-refractivity contribution in [1.29, 1.82) is 0 Å². The van der Waals surface area contributed by atoms with Gasteiger partial charge in [0.2, 0.25) is 5.91 Å². The molecule has 0 radical (unpaired) electrons. The van der Waals surface area contributed by atoms with Gasteiger partial charge in [-0.15, -0.1) is 0 Å². The second-order valence-electron chi connectivity index (χ2n) is 6.12. The summed E-state index contributed by atoms with van der Waals surface area (Å²) in [4.78, 5) is 14.2. The fourth-order valence-corrected chi connectivity index (χ4v) is 2.38. The molecule has 1 amide bonds. The maximum absolute atomic E-state index is 11.8. The first-order valence-electron chi connectivity index (χ1n) is 7.42. The molecule has 110 valence electrons. The van der Waals surface area contributed by atoms with Crippen LogP contribution < -0.4 is 16.0 Å². The molecule has 4 heteroatoms. The standard InChI is InChI=1S/C16H25N3O/c1-16(2,17)15(20)18-13-7-9-14(10-8-13)19-11-5-3-4-6-12-19/h7-10H,3-6,11-12,17H2,1-2H3,(H,18,20). The normalized spacial score (nSPS) is 16.6. The molecule has 1 heterocycles. The molecule has 0 spiro atoms. The van der Waals surface area contributed by atoms with Crippen molar-refractivity contribution < 1.29 is 4.79 Å². The lowest BCUT2D eigenvalue weighted by atomic mass is 10.1. The average molecular weight is 275 g/mol. The van der Waals surface area contributed by atoms with E-state index in [1.165, 1.54) is 31.4 Å². The number of benzene rings is 1. The molecular weight excluding hydrogens is 250 g/mol. The largest absolute Gasteiger partial charge is 0.372 e. The van der Waals surface area contributed by atoms with E-state index in [-0.39, 0.29) is 5.91 Å². The molecule has 20 heavy (non-hydrogen) atoms. The molecule has 1 aliphatic heterocycles. The number of carbonyl (C=O) groups excluding carboxylic acids is 1. The lowest BCUT2D eigenvalue weighted by Crippen LogP contribution is -2.45. The van der Waals surface area contributed by atoms with Crippen molar-refractivity contribution in [3.8, 4) is 0 Å². The van der Waals surface area contributed by atoms with Gasteiger partial charge in [0.25, 0.3) is 0 Å². The van der Waals surface area contributed by atoms with Crippen molar-refractivity contribution in [1.82, 2.24) is 0 Å². The zero-order valence-electron chi connectivity index (χ0n) is 12.5. The van der Waals surface area contributed by atoms with Crippen LogP contribution in [0.15, 0.2) is 24.3 Å². The summed E-state index contributed by atoms with van der Waals surface area (Å²) < 4.78 is 0. The van der Waals surface area contributed by atoms with Gasteiger partial charge in [0.05, 0.1) is 5.54 Å². The minimum Gasteiger partial charge on any atom is -0.372 e. The maximum Gasteiger partial charge on any atom is 0.243 e. The summed E-state index contributed by atoms with van der Waals surface area (Å²) in [7, 11) is 0. The molecule has 1 fully saturated rings. The van der Waals surface area contributed by atoms with Gasteiger partial charge in [-0.2, -0.15) is 0 Å². The van der Waals surface area contributed by atoms with Gasteiger partial charge in [0.15, 0.2) is 0 Å². The Bertz CT molecular complexity index is 440. The van der Waals surface area contributed by atoms with E-state index < -0.39 is 5.54 Å². The SMILES string of the molecule is CC(C)(N)C(=O)Nc1ccc(N2CCCCCC2)cc1. The van der Waals surface area contributed by atoms with Crippen LogP contribution in [0.3, 0.4) is 0 Å². The topological polar surface area (TPSA) is 58.4 Å². The van der Waals surface area contributed by atoms with E-state index in [9.17, 15) is 4.79 Å². The Morgan fingerprint density at radius 1 is 1.10 bits per heavy atom. The van der Waals surface area contributed by atoms with Gasteiger partial charge in [-0.3, -0.25) is 4.79 Å². The van der Waals surface area contributed by atoms with Crippen molar-refractivity contribution in [2.24, 2.45) is 5.73 Å². The summed E-state index contributed by atoms with van der Waals surface area (Å²) in [5.74, 6) is -0.167. The molecule has 0 aliphatic carbocycles. The average Bonchev–Trinajstić information content (AvgIpc) is 2.67. The summed E-state index contributed by atoms with van der Waals surface area (Å²) in [5, 5.41) is 2.84. The molecule has 0 atom stereocenters. The van der Waals surface area contributed by atoms with Crippen LogP contribution in [0, 0.1) is 0 Å². The summed E-state index contributed by atoms with van der Waals surface area (Å²) in [5.41, 5.74) is 6.94. The van der Waals surface area contributed by atoms with Crippen molar-refractivity contribution in [3.63, 3.8) is 0 Å². The fraction of sp³-hybridized carbons (Fsp3) is 0.562. The van der Waals surface area contributed by atoms with Gasteiger partial charge in [-0.05, 0) is 51.0 Å². The Morgan fingerprint density at radius 2 is 1.65 bits per heavy atom. The lowest BCUT2D eigenvalue weighted by Gasteiger charge is -2.23. The first-order chi connectivity index (χ1) is 9.47. The van der Waals surface area contributed by atoms with Crippen LogP contribution in [0.1, 0.15) is 39.5 Å². The Kier molecular flexibility index (Phi) is 4.65. The van der Waals surface area contributed by atoms with Crippen molar-refractivity contribution in [3.05, 3.63) is 24.3 Å². The molecule has 1 aromatic rings. The lowest BCUT2D eigenvalue weighted by molar-refractivity contribution is -0.120. The van der Waals surface area contributed by atoms with Gasteiger partial charge < -0.3 is 16.0 Å². The molecule has 4 nitrogen and oxygen atoms in total. The molecule has 2 rings (SSSR count). The van der Waals surface area contributed by atoms with E-state index in [0.29, 0.717) is 0 Å². The molecular formula is C16H25N3O. The van der Waals surface area contributed by atoms with Crippen molar-refractivity contribution in [2.45, 2.75) is 45.1 Å². The van der Waals surface area contributed by atoms with Crippen molar-refractivity contribution in [2.75, 3.05) is 23.3 Å². The summed E-state index contributed by atoms with van der Waals surface area (Å²) in [6, 6.07) is 8.04. The Hall–Kier alpha value is -1.55.